The maximum atomic E-state index is 12.8. The number of nitrogens with one attached hydrogen (secondary N) is 1. The first-order valence-electron chi connectivity index (χ1n) is 7.73. The fraction of sp³-hybridized carbons (Fsp3) is 0.105. The summed E-state index contributed by atoms with van der Waals surface area (Å²) in [5.41, 5.74) is 1.87. The molecule has 1 N–H and O–H groups in total. The van der Waals surface area contributed by atoms with Gasteiger partial charge in [0.15, 0.2) is 5.76 Å². The Labute approximate surface area is 154 Å². The van der Waals surface area contributed by atoms with Crippen LogP contribution in [-0.2, 0) is 0 Å². The Balaban J connectivity index is 1.80. The third kappa shape index (κ3) is 3.50. The molecule has 2 aromatic heterocycles. The van der Waals surface area contributed by atoms with Gasteiger partial charge in [-0.1, -0.05) is 6.07 Å². The van der Waals surface area contributed by atoms with E-state index in [1.54, 1.807) is 49.5 Å². The molecule has 0 aliphatic rings. The first-order chi connectivity index (χ1) is 12.5. The molecule has 0 fully saturated rings. The lowest BCUT2D eigenvalue weighted by atomic mass is 10.2. The summed E-state index contributed by atoms with van der Waals surface area (Å²) < 4.78 is 5.06. The molecule has 0 unspecified atom stereocenters. The van der Waals surface area contributed by atoms with Gasteiger partial charge in [0, 0.05) is 12.7 Å². The van der Waals surface area contributed by atoms with E-state index in [1.807, 2.05) is 6.92 Å². The average molecular weight is 365 g/mol. The minimum atomic E-state index is -0.370. The maximum Gasteiger partial charge on any atom is 0.291 e. The monoisotopic (exact) mass is 365 g/mol. The lowest BCUT2D eigenvalue weighted by molar-refractivity contribution is 0.0988. The summed E-state index contributed by atoms with van der Waals surface area (Å²) in [7, 11) is 1.65. The maximum absolute atomic E-state index is 12.8. The van der Waals surface area contributed by atoms with E-state index >= 15 is 0 Å². The number of furan rings is 1. The number of hydrogen-bond donors (Lipinski definition) is 1. The zero-order valence-electron chi connectivity index (χ0n) is 14.1. The molecule has 1 aromatic carbocycles. The number of hydrogen-bond acceptors (Lipinski definition) is 5. The van der Waals surface area contributed by atoms with Crippen LogP contribution in [-0.4, -0.2) is 18.9 Å². The van der Waals surface area contributed by atoms with E-state index in [0.717, 1.165) is 5.56 Å². The van der Waals surface area contributed by atoms with Gasteiger partial charge in [0.1, 0.15) is 0 Å². The smallest absolute Gasteiger partial charge is 0.291 e. The lowest BCUT2D eigenvalue weighted by Crippen LogP contribution is -2.25. The highest BCUT2D eigenvalue weighted by Crippen LogP contribution is 2.29. The van der Waals surface area contributed by atoms with E-state index in [0.29, 0.717) is 21.1 Å². The molecule has 26 heavy (non-hydrogen) atoms. The Bertz CT molecular complexity index is 999. The van der Waals surface area contributed by atoms with Gasteiger partial charge in [0.2, 0.25) is 0 Å². The van der Waals surface area contributed by atoms with Crippen LogP contribution in [0.4, 0.5) is 10.7 Å². The first kappa shape index (κ1) is 17.5. The summed E-state index contributed by atoms with van der Waals surface area (Å²) in [6.45, 7) is 1.81. The van der Waals surface area contributed by atoms with Crippen LogP contribution in [0.25, 0.3) is 0 Å². The Morgan fingerprint density at radius 2 is 2.04 bits per heavy atom. The molecule has 7 heteroatoms. The van der Waals surface area contributed by atoms with Crippen molar-refractivity contribution in [2.75, 3.05) is 17.3 Å². The van der Waals surface area contributed by atoms with Crippen LogP contribution in [0.5, 0.6) is 0 Å². The number of anilines is 2. The zero-order chi connectivity index (χ0) is 18.7. The van der Waals surface area contributed by atoms with Gasteiger partial charge in [-0.25, -0.2) is 0 Å². The van der Waals surface area contributed by atoms with E-state index in [1.165, 1.54) is 22.5 Å². The van der Waals surface area contributed by atoms with Crippen LogP contribution >= 0.6 is 11.3 Å². The van der Waals surface area contributed by atoms with Crippen LogP contribution in [0, 0.1) is 18.3 Å². The Hall–Kier alpha value is -3.37. The summed E-state index contributed by atoms with van der Waals surface area (Å²) in [5, 5.41) is 12.3. The standard InChI is InChI=1S/C19H15N3O3S/c1-12-9-16(21-18(23)15-7-4-8-25-15)26-17(12)19(24)22(2)14-6-3-5-13(10-14)11-20/h3-10H,1-2H3,(H,21,23). The molecular formula is C19H15N3O3S. The Morgan fingerprint density at radius 3 is 2.73 bits per heavy atom. The highest BCUT2D eigenvalue weighted by atomic mass is 32.1. The number of rotatable bonds is 4. The van der Waals surface area contributed by atoms with Gasteiger partial charge < -0.3 is 14.6 Å². The molecule has 6 nitrogen and oxygen atoms in total. The van der Waals surface area contributed by atoms with Gasteiger partial charge >= 0.3 is 0 Å². The number of aryl methyl sites for hydroxylation is 1. The van der Waals surface area contributed by atoms with Gasteiger partial charge in [-0.3, -0.25) is 9.59 Å². The molecule has 0 aliphatic heterocycles. The van der Waals surface area contributed by atoms with Crippen molar-refractivity contribution in [3.63, 3.8) is 0 Å². The molecule has 0 saturated heterocycles. The SMILES string of the molecule is Cc1cc(NC(=O)c2ccco2)sc1C(=O)N(C)c1cccc(C#N)c1. The molecule has 3 rings (SSSR count). The van der Waals surface area contributed by atoms with Gasteiger partial charge in [-0.2, -0.15) is 5.26 Å². The number of benzene rings is 1. The molecule has 0 radical (unpaired) electrons. The summed E-state index contributed by atoms with van der Waals surface area (Å²) in [4.78, 5) is 26.9. The Morgan fingerprint density at radius 1 is 1.23 bits per heavy atom. The second-order valence-corrected chi connectivity index (χ2v) is 6.63. The number of nitrogens with zero attached hydrogens (tertiary/aromatic N) is 2. The number of thiophene rings is 1. The van der Waals surface area contributed by atoms with Gasteiger partial charge in [0.05, 0.1) is 27.8 Å². The van der Waals surface area contributed by atoms with Crippen LogP contribution in [0.15, 0.2) is 53.1 Å². The molecule has 0 bridgehead atoms. The molecule has 2 heterocycles. The molecule has 3 aromatic rings. The van der Waals surface area contributed by atoms with Crippen molar-refractivity contribution in [2.24, 2.45) is 0 Å². The summed E-state index contributed by atoms with van der Waals surface area (Å²) >= 11 is 1.20. The topological polar surface area (TPSA) is 86.3 Å². The number of carbonyl (C=O) groups is 2. The van der Waals surface area contributed by atoms with Crippen molar-refractivity contribution in [3.8, 4) is 6.07 Å². The van der Waals surface area contributed by atoms with Gasteiger partial charge in [0.25, 0.3) is 11.8 Å². The molecule has 0 atom stereocenters. The minimum Gasteiger partial charge on any atom is -0.459 e. The second-order valence-electron chi connectivity index (χ2n) is 5.58. The van der Waals surface area contributed by atoms with Crippen molar-refractivity contribution in [1.29, 1.82) is 5.26 Å². The van der Waals surface area contributed by atoms with Crippen molar-refractivity contribution >= 4 is 33.8 Å². The second kappa shape index (κ2) is 7.25. The van der Waals surface area contributed by atoms with E-state index in [2.05, 4.69) is 11.4 Å². The Kier molecular flexibility index (Phi) is 4.87. The first-order valence-corrected chi connectivity index (χ1v) is 8.54. The average Bonchev–Trinajstić information content (AvgIpc) is 3.30. The van der Waals surface area contributed by atoms with Crippen molar-refractivity contribution < 1.29 is 14.0 Å². The van der Waals surface area contributed by atoms with E-state index < -0.39 is 0 Å². The van der Waals surface area contributed by atoms with Crippen LogP contribution in [0.3, 0.4) is 0 Å². The molecule has 2 amide bonds. The summed E-state index contributed by atoms with van der Waals surface area (Å²) in [6, 6.07) is 13.8. The summed E-state index contributed by atoms with van der Waals surface area (Å²) in [6.07, 6.45) is 1.42. The predicted octanol–water partition coefficient (Wildman–Crippen LogP) is 4.05. The van der Waals surface area contributed by atoms with Crippen LogP contribution in [0.2, 0.25) is 0 Å². The number of nitriles is 1. The number of carbonyl (C=O) groups excluding carboxylic acids is 2. The molecule has 0 aliphatic carbocycles. The van der Waals surface area contributed by atoms with E-state index in [9.17, 15) is 9.59 Å². The van der Waals surface area contributed by atoms with E-state index in [4.69, 9.17) is 9.68 Å². The minimum absolute atomic E-state index is 0.203. The van der Waals surface area contributed by atoms with Crippen molar-refractivity contribution in [3.05, 3.63) is 70.5 Å². The molecule has 0 saturated carbocycles. The van der Waals surface area contributed by atoms with Crippen LogP contribution < -0.4 is 10.2 Å². The number of amides is 2. The third-order valence-electron chi connectivity index (χ3n) is 3.76. The molecular weight excluding hydrogens is 350 g/mol. The zero-order valence-corrected chi connectivity index (χ0v) is 15.0. The summed E-state index contributed by atoms with van der Waals surface area (Å²) in [5.74, 6) is -0.374. The largest absolute Gasteiger partial charge is 0.459 e. The fourth-order valence-corrected chi connectivity index (χ4v) is 3.43. The van der Waals surface area contributed by atoms with Crippen molar-refractivity contribution in [2.45, 2.75) is 6.92 Å². The predicted molar refractivity (Wildman–Crippen MR) is 99.6 cm³/mol. The van der Waals surface area contributed by atoms with Crippen LogP contribution in [0.1, 0.15) is 31.4 Å². The highest BCUT2D eigenvalue weighted by Gasteiger charge is 2.20. The third-order valence-corrected chi connectivity index (χ3v) is 4.90. The normalized spacial score (nSPS) is 10.2. The van der Waals surface area contributed by atoms with Crippen molar-refractivity contribution in [1.82, 2.24) is 0 Å². The molecule has 0 spiro atoms. The lowest BCUT2D eigenvalue weighted by Gasteiger charge is -2.17. The molecule has 130 valence electrons. The van der Waals surface area contributed by atoms with E-state index in [-0.39, 0.29) is 17.6 Å². The van der Waals surface area contributed by atoms with Gasteiger partial charge in [-0.05, 0) is 48.9 Å². The highest BCUT2D eigenvalue weighted by molar-refractivity contribution is 7.18. The van der Waals surface area contributed by atoms with Gasteiger partial charge in [-0.15, -0.1) is 11.3 Å². The quantitative estimate of drug-likeness (QED) is 0.756. The fourth-order valence-electron chi connectivity index (χ4n) is 2.39.